The van der Waals surface area contributed by atoms with Crippen LogP contribution < -0.4 is 16.4 Å². The zero-order valence-corrected chi connectivity index (χ0v) is 13.3. The van der Waals surface area contributed by atoms with Crippen molar-refractivity contribution in [3.63, 3.8) is 0 Å². The number of carbonyl (C=O) groups is 2. The Bertz CT molecular complexity index is 812. The van der Waals surface area contributed by atoms with Gasteiger partial charge in [-0.15, -0.1) is 0 Å². The zero-order chi connectivity index (χ0) is 17.3. The standard InChI is InChI=1S/C17H15ClFN3O2/c18-12-6-5-10(8-13(12)19)21-16(23)17(24)22-15-11-4-2-1-3-9(11)7-14(15)20/h1-6,8,14-15H,7,20H2,(H,21,23)(H,22,24)/t14-,15-/m0/s1. The molecule has 0 radical (unpaired) electrons. The predicted octanol–water partition coefficient (Wildman–Crippen LogP) is 2.16. The summed E-state index contributed by atoms with van der Waals surface area (Å²) in [5.41, 5.74) is 8.16. The quantitative estimate of drug-likeness (QED) is 0.728. The average Bonchev–Trinajstić information content (AvgIpc) is 2.87. The maximum Gasteiger partial charge on any atom is 0.313 e. The second kappa shape index (κ2) is 6.59. The van der Waals surface area contributed by atoms with E-state index in [-0.39, 0.29) is 16.8 Å². The molecule has 1 aliphatic rings. The van der Waals surface area contributed by atoms with Crippen LogP contribution in [-0.4, -0.2) is 17.9 Å². The number of hydrogen-bond donors (Lipinski definition) is 3. The predicted molar refractivity (Wildman–Crippen MR) is 89.0 cm³/mol. The van der Waals surface area contributed by atoms with E-state index in [0.29, 0.717) is 6.42 Å². The van der Waals surface area contributed by atoms with Crippen molar-refractivity contribution >= 4 is 29.1 Å². The maximum atomic E-state index is 13.4. The third kappa shape index (κ3) is 3.25. The van der Waals surface area contributed by atoms with Gasteiger partial charge in [-0.05, 0) is 35.7 Å². The first-order valence-electron chi connectivity index (χ1n) is 7.36. The normalized spacial score (nSPS) is 18.8. The highest BCUT2D eigenvalue weighted by Gasteiger charge is 2.32. The molecule has 0 saturated heterocycles. The summed E-state index contributed by atoms with van der Waals surface area (Å²) >= 11 is 5.58. The Hall–Kier alpha value is -2.44. The van der Waals surface area contributed by atoms with Crippen molar-refractivity contribution < 1.29 is 14.0 Å². The van der Waals surface area contributed by atoms with E-state index in [1.165, 1.54) is 12.1 Å². The SMILES string of the molecule is N[C@H]1Cc2ccccc2[C@@H]1NC(=O)C(=O)Nc1ccc(Cl)c(F)c1. The van der Waals surface area contributed by atoms with Crippen LogP contribution in [0.15, 0.2) is 42.5 Å². The van der Waals surface area contributed by atoms with Gasteiger partial charge in [-0.3, -0.25) is 9.59 Å². The Morgan fingerprint density at radius 3 is 2.67 bits per heavy atom. The minimum absolute atomic E-state index is 0.0639. The molecule has 0 heterocycles. The molecule has 2 aromatic carbocycles. The minimum Gasteiger partial charge on any atom is -0.339 e. The topological polar surface area (TPSA) is 84.2 Å². The van der Waals surface area contributed by atoms with E-state index in [0.717, 1.165) is 17.2 Å². The molecule has 5 nitrogen and oxygen atoms in total. The van der Waals surface area contributed by atoms with E-state index >= 15 is 0 Å². The number of nitrogens with two attached hydrogens (primary N) is 1. The number of anilines is 1. The third-order valence-corrected chi connectivity index (χ3v) is 4.25. The molecular formula is C17H15ClFN3O2. The summed E-state index contributed by atoms with van der Waals surface area (Å²) < 4.78 is 13.4. The largest absolute Gasteiger partial charge is 0.339 e. The summed E-state index contributed by atoms with van der Waals surface area (Å²) in [5.74, 6) is -2.41. The van der Waals surface area contributed by atoms with Gasteiger partial charge in [0.05, 0.1) is 11.1 Å². The lowest BCUT2D eigenvalue weighted by atomic mass is 10.1. The molecule has 2 aromatic rings. The number of benzene rings is 2. The molecule has 2 amide bonds. The van der Waals surface area contributed by atoms with Gasteiger partial charge in [-0.2, -0.15) is 0 Å². The first-order valence-corrected chi connectivity index (χ1v) is 7.74. The van der Waals surface area contributed by atoms with E-state index in [1.54, 1.807) is 0 Å². The van der Waals surface area contributed by atoms with Crippen LogP contribution in [0.25, 0.3) is 0 Å². The highest BCUT2D eigenvalue weighted by Crippen LogP contribution is 2.30. The summed E-state index contributed by atoms with van der Waals surface area (Å²) in [6.45, 7) is 0. The number of rotatable bonds is 2. The first kappa shape index (κ1) is 16.4. The van der Waals surface area contributed by atoms with Crippen LogP contribution in [-0.2, 0) is 16.0 Å². The summed E-state index contributed by atoms with van der Waals surface area (Å²) in [6, 6.07) is 10.6. The summed E-state index contributed by atoms with van der Waals surface area (Å²) in [7, 11) is 0. The fourth-order valence-corrected chi connectivity index (χ4v) is 2.90. The highest BCUT2D eigenvalue weighted by atomic mass is 35.5. The van der Waals surface area contributed by atoms with Crippen molar-refractivity contribution in [1.29, 1.82) is 0 Å². The summed E-state index contributed by atoms with van der Waals surface area (Å²) in [4.78, 5) is 24.1. The fourth-order valence-electron chi connectivity index (χ4n) is 2.78. The Balaban J connectivity index is 1.68. The Morgan fingerprint density at radius 1 is 1.17 bits per heavy atom. The van der Waals surface area contributed by atoms with Gasteiger partial charge in [0.1, 0.15) is 5.82 Å². The van der Waals surface area contributed by atoms with E-state index in [2.05, 4.69) is 10.6 Å². The van der Waals surface area contributed by atoms with Gasteiger partial charge < -0.3 is 16.4 Å². The smallest absolute Gasteiger partial charge is 0.313 e. The lowest BCUT2D eigenvalue weighted by Gasteiger charge is -2.18. The Labute approximate surface area is 143 Å². The maximum absolute atomic E-state index is 13.4. The van der Waals surface area contributed by atoms with Crippen molar-refractivity contribution in [2.45, 2.75) is 18.5 Å². The molecular weight excluding hydrogens is 333 g/mol. The molecule has 4 N–H and O–H groups in total. The van der Waals surface area contributed by atoms with Crippen molar-refractivity contribution in [3.8, 4) is 0 Å². The third-order valence-electron chi connectivity index (χ3n) is 3.94. The lowest BCUT2D eigenvalue weighted by Crippen LogP contribution is -2.43. The monoisotopic (exact) mass is 347 g/mol. The van der Waals surface area contributed by atoms with Crippen LogP contribution in [0.5, 0.6) is 0 Å². The second-order valence-corrected chi connectivity index (χ2v) is 6.01. The van der Waals surface area contributed by atoms with E-state index in [4.69, 9.17) is 17.3 Å². The molecule has 0 fully saturated rings. The minimum atomic E-state index is -0.895. The molecule has 1 aliphatic carbocycles. The molecule has 124 valence electrons. The van der Waals surface area contributed by atoms with Gasteiger partial charge in [0, 0.05) is 11.7 Å². The highest BCUT2D eigenvalue weighted by molar-refractivity contribution is 6.39. The van der Waals surface area contributed by atoms with Crippen molar-refractivity contribution in [2.75, 3.05) is 5.32 Å². The summed E-state index contributed by atoms with van der Waals surface area (Å²) in [6.07, 6.45) is 0.630. The molecule has 24 heavy (non-hydrogen) atoms. The number of nitrogens with one attached hydrogen (secondary N) is 2. The molecule has 0 aliphatic heterocycles. The Kier molecular flexibility index (Phi) is 4.51. The lowest BCUT2D eigenvalue weighted by molar-refractivity contribution is -0.136. The van der Waals surface area contributed by atoms with Gasteiger partial charge in [0.2, 0.25) is 0 Å². The molecule has 0 unspecified atom stereocenters. The Morgan fingerprint density at radius 2 is 1.92 bits per heavy atom. The van der Waals surface area contributed by atoms with Crippen LogP contribution >= 0.6 is 11.6 Å². The van der Waals surface area contributed by atoms with Gasteiger partial charge in [-0.1, -0.05) is 35.9 Å². The van der Waals surface area contributed by atoms with E-state index in [9.17, 15) is 14.0 Å². The number of carbonyl (C=O) groups excluding carboxylic acids is 2. The second-order valence-electron chi connectivity index (χ2n) is 5.60. The van der Waals surface area contributed by atoms with E-state index in [1.807, 2.05) is 24.3 Å². The van der Waals surface area contributed by atoms with Crippen molar-refractivity contribution in [3.05, 3.63) is 64.4 Å². The van der Waals surface area contributed by atoms with Crippen molar-refractivity contribution in [1.82, 2.24) is 5.32 Å². The van der Waals surface area contributed by atoms with Crippen LogP contribution in [0.4, 0.5) is 10.1 Å². The molecule has 3 rings (SSSR count). The molecule has 0 spiro atoms. The van der Waals surface area contributed by atoms with Gasteiger partial charge >= 0.3 is 11.8 Å². The fraction of sp³-hybridized carbons (Fsp3) is 0.176. The number of hydrogen-bond acceptors (Lipinski definition) is 3. The number of halogens is 2. The zero-order valence-electron chi connectivity index (χ0n) is 12.6. The van der Waals surface area contributed by atoms with Crippen LogP contribution in [0.1, 0.15) is 17.2 Å². The molecule has 0 bridgehead atoms. The summed E-state index contributed by atoms with van der Waals surface area (Å²) in [5, 5.41) is 4.90. The number of amides is 2. The van der Waals surface area contributed by atoms with Crippen LogP contribution in [0, 0.1) is 5.82 Å². The molecule has 0 aromatic heterocycles. The molecule has 7 heteroatoms. The van der Waals surface area contributed by atoms with Gasteiger partial charge in [0.25, 0.3) is 0 Å². The van der Waals surface area contributed by atoms with Gasteiger partial charge in [-0.25, -0.2) is 4.39 Å². The first-order chi connectivity index (χ1) is 11.5. The molecule has 0 saturated carbocycles. The van der Waals surface area contributed by atoms with Gasteiger partial charge in [0.15, 0.2) is 0 Å². The van der Waals surface area contributed by atoms with Crippen molar-refractivity contribution in [2.24, 2.45) is 5.73 Å². The average molecular weight is 348 g/mol. The van der Waals surface area contributed by atoms with Crippen LogP contribution in [0.3, 0.4) is 0 Å². The molecule has 2 atom stereocenters. The van der Waals surface area contributed by atoms with Crippen LogP contribution in [0.2, 0.25) is 5.02 Å². The van der Waals surface area contributed by atoms with E-state index < -0.39 is 23.7 Å². The number of fused-ring (bicyclic) bond motifs is 1.